The van der Waals surface area contributed by atoms with Crippen LogP contribution in [0, 0.1) is 5.82 Å². The molecule has 6 rings (SSSR count). The van der Waals surface area contributed by atoms with Crippen LogP contribution in [0.4, 0.5) is 10.1 Å². The summed E-state index contributed by atoms with van der Waals surface area (Å²) in [4.78, 5) is 27.4. The summed E-state index contributed by atoms with van der Waals surface area (Å²) in [7, 11) is -0.662. The van der Waals surface area contributed by atoms with Crippen molar-refractivity contribution >= 4 is 30.1 Å². The largest absolute Gasteiger partial charge is 0.494 e. The second kappa shape index (κ2) is 16.1. The van der Waals surface area contributed by atoms with Gasteiger partial charge in [-0.15, -0.1) is 0 Å². The number of nitrogens with zero attached hydrogens (tertiary/aromatic N) is 1. The summed E-state index contributed by atoms with van der Waals surface area (Å²) >= 11 is 0. The van der Waals surface area contributed by atoms with Crippen LogP contribution in [0.2, 0.25) is 0 Å². The van der Waals surface area contributed by atoms with E-state index in [0.717, 1.165) is 33.5 Å². The normalized spacial score (nSPS) is 16.2. The van der Waals surface area contributed by atoms with E-state index in [0.29, 0.717) is 30.6 Å². The number of hydrogen-bond acceptors (Lipinski definition) is 5. The van der Waals surface area contributed by atoms with Gasteiger partial charge in [0, 0.05) is 29.6 Å². The predicted octanol–water partition coefficient (Wildman–Crippen LogP) is 9.03. The van der Waals surface area contributed by atoms with Crippen LogP contribution in [-0.2, 0) is 25.4 Å². The SMILES string of the molecule is CC(C)c1c(C(=O)Nc2ccccc2)c(-c2ccccc2)c(-c2ccc(F)cc2)n1CC[C@@H]1C[C@H](CC(=O)OC(C)(C)C)OB(c2ccccc2)O1. The molecule has 0 aliphatic carbocycles. The van der Waals surface area contributed by atoms with Gasteiger partial charge in [-0.2, -0.15) is 0 Å². The molecule has 1 amide bonds. The second-order valence-electron chi connectivity index (χ2n) is 14.6. The lowest BCUT2D eigenvalue weighted by Gasteiger charge is -2.35. The number of amides is 1. The van der Waals surface area contributed by atoms with E-state index in [9.17, 15) is 14.0 Å². The molecule has 1 aliphatic rings. The fourth-order valence-corrected chi connectivity index (χ4v) is 6.92. The van der Waals surface area contributed by atoms with E-state index in [4.69, 9.17) is 14.0 Å². The van der Waals surface area contributed by atoms with Gasteiger partial charge in [-0.3, -0.25) is 9.59 Å². The monoisotopic (exact) mass is 700 g/mol. The smallest absolute Gasteiger partial charge is 0.460 e. The molecular weight excluding hydrogens is 654 g/mol. The first-order valence-electron chi connectivity index (χ1n) is 18.0. The van der Waals surface area contributed by atoms with Gasteiger partial charge in [0.05, 0.1) is 23.8 Å². The molecule has 0 bridgehead atoms. The minimum atomic E-state index is -0.662. The molecule has 0 radical (unpaired) electrons. The minimum absolute atomic E-state index is 0.0548. The molecule has 52 heavy (non-hydrogen) atoms. The quantitative estimate of drug-likeness (QED) is 0.110. The fraction of sp³-hybridized carbons (Fsp3) is 0.302. The molecule has 1 fully saturated rings. The third-order valence-corrected chi connectivity index (χ3v) is 9.01. The van der Waals surface area contributed by atoms with Crippen LogP contribution in [0.15, 0.2) is 115 Å². The maximum atomic E-state index is 14.5. The van der Waals surface area contributed by atoms with Crippen molar-refractivity contribution in [2.75, 3.05) is 5.32 Å². The third kappa shape index (κ3) is 8.90. The van der Waals surface area contributed by atoms with Gasteiger partial charge in [-0.05, 0) is 92.5 Å². The fourth-order valence-electron chi connectivity index (χ4n) is 6.92. The number of para-hydroxylation sites is 1. The molecule has 0 unspecified atom stereocenters. The first-order chi connectivity index (χ1) is 25.0. The average molecular weight is 701 g/mol. The first kappa shape index (κ1) is 36.8. The summed E-state index contributed by atoms with van der Waals surface area (Å²) in [5.74, 6) is -0.939. The van der Waals surface area contributed by atoms with E-state index in [1.807, 2.05) is 112 Å². The van der Waals surface area contributed by atoms with Crippen molar-refractivity contribution < 1.29 is 28.0 Å². The highest BCUT2D eigenvalue weighted by Crippen LogP contribution is 2.43. The molecule has 5 aromatic rings. The number of benzene rings is 4. The van der Waals surface area contributed by atoms with E-state index in [2.05, 4.69) is 23.7 Å². The number of nitrogens with one attached hydrogen (secondary N) is 1. The summed E-state index contributed by atoms with van der Waals surface area (Å²) in [5, 5.41) is 3.14. The molecule has 2 heterocycles. The Morgan fingerprint density at radius 2 is 1.44 bits per heavy atom. The van der Waals surface area contributed by atoms with Crippen LogP contribution in [0.5, 0.6) is 0 Å². The van der Waals surface area contributed by atoms with Crippen molar-refractivity contribution in [3.63, 3.8) is 0 Å². The number of rotatable bonds is 11. The molecule has 268 valence electrons. The van der Waals surface area contributed by atoms with Crippen LogP contribution in [-0.4, -0.2) is 41.4 Å². The van der Waals surface area contributed by atoms with Crippen LogP contribution in [0.1, 0.15) is 75.9 Å². The van der Waals surface area contributed by atoms with Crippen LogP contribution < -0.4 is 10.8 Å². The first-order valence-corrected chi connectivity index (χ1v) is 18.0. The molecule has 7 nitrogen and oxygen atoms in total. The van der Waals surface area contributed by atoms with Gasteiger partial charge in [-0.25, -0.2) is 4.39 Å². The van der Waals surface area contributed by atoms with Gasteiger partial charge in [0.25, 0.3) is 5.91 Å². The van der Waals surface area contributed by atoms with Gasteiger partial charge < -0.3 is 23.9 Å². The zero-order valence-electron chi connectivity index (χ0n) is 30.5. The van der Waals surface area contributed by atoms with Crippen molar-refractivity contribution in [2.45, 2.75) is 84.2 Å². The van der Waals surface area contributed by atoms with Crippen molar-refractivity contribution in [3.8, 4) is 22.4 Å². The van der Waals surface area contributed by atoms with Gasteiger partial charge in [0.2, 0.25) is 0 Å². The van der Waals surface area contributed by atoms with Crippen LogP contribution >= 0.6 is 0 Å². The molecule has 1 aromatic heterocycles. The highest BCUT2D eigenvalue weighted by atomic mass is 19.1. The molecule has 0 spiro atoms. The number of aromatic nitrogens is 1. The molecule has 0 saturated carbocycles. The highest BCUT2D eigenvalue weighted by Gasteiger charge is 2.38. The Morgan fingerprint density at radius 3 is 2.06 bits per heavy atom. The lowest BCUT2D eigenvalue weighted by Crippen LogP contribution is -2.49. The predicted molar refractivity (Wildman–Crippen MR) is 205 cm³/mol. The third-order valence-electron chi connectivity index (χ3n) is 9.01. The van der Waals surface area contributed by atoms with Crippen molar-refractivity contribution in [2.24, 2.45) is 0 Å². The summed E-state index contributed by atoms with van der Waals surface area (Å²) in [6.07, 6.45) is 0.450. The zero-order valence-corrected chi connectivity index (χ0v) is 30.5. The molecular formula is C43H46BFN2O5. The lowest BCUT2D eigenvalue weighted by atomic mass is 9.76. The maximum absolute atomic E-state index is 14.5. The average Bonchev–Trinajstić information content (AvgIpc) is 3.47. The van der Waals surface area contributed by atoms with Crippen molar-refractivity contribution in [1.29, 1.82) is 0 Å². The molecule has 9 heteroatoms. The van der Waals surface area contributed by atoms with Gasteiger partial charge >= 0.3 is 13.1 Å². The van der Waals surface area contributed by atoms with Crippen LogP contribution in [0.25, 0.3) is 22.4 Å². The Labute approximate surface area is 306 Å². The highest BCUT2D eigenvalue weighted by molar-refractivity contribution is 6.61. The summed E-state index contributed by atoms with van der Waals surface area (Å²) < 4.78 is 35.2. The number of halogens is 1. The Kier molecular flexibility index (Phi) is 11.4. The molecule has 1 saturated heterocycles. The molecule has 2 atom stereocenters. The van der Waals surface area contributed by atoms with Gasteiger partial charge in [0.1, 0.15) is 11.4 Å². The number of hydrogen-bond donors (Lipinski definition) is 1. The van der Waals surface area contributed by atoms with Crippen LogP contribution in [0.3, 0.4) is 0 Å². The molecule has 1 aliphatic heterocycles. The molecule has 1 N–H and O–H groups in total. The zero-order chi connectivity index (χ0) is 36.8. The Morgan fingerprint density at radius 1 is 0.846 bits per heavy atom. The second-order valence-corrected chi connectivity index (χ2v) is 14.6. The summed E-state index contributed by atoms with van der Waals surface area (Å²) in [5.41, 5.74) is 5.65. The Balaban J connectivity index is 1.43. The van der Waals surface area contributed by atoms with E-state index in [-0.39, 0.29) is 36.1 Å². The summed E-state index contributed by atoms with van der Waals surface area (Å²) in [6.45, 7) is 10.2. The Hall–Kier alpha value is -4.99. The van der Waals surface area contributed by atoms with E-state index < -0.39 is 18.8 Å². The topological polar surface area (TPSA) is 78.8 Å². The number of carbonyl (C=O) groups excluding carboxylic acids is 2. The van der Waals surface area contributed by atoms with Crippen molar-refractivity contribution in [1.82, 2.24) is 4.57 Å². The number of ether oxygens (including phenoxy) is 1. The number of anilines is 1. The van der Waals surface area contributed by atoms with E-state index >= 15 is 0 Å². The lowest BCUT2D eigenvalue weighted by molar-refractivity contribution is -0.157. The standard InChI is InChI=1S/C43H46BFN2O5/c1-29(2)40-39(42(49)46-34-19-13-8-14-20-34)38(30-15-9-6-10-16-30)41(31-21-23-33(45)24-22-31)47(40)26-25-35-27-36(28-37(48)50-43(3,4)5)52-44(51-35)32-17-11-7-12-18-32/h6-24,29,35-36H,25-28H2,1-5H3,(H,46,49)/t35-,36-/m1/s1. The minimum Gasteiger partial charge on any atom is -0.460 e. The van der Waals surface area contributed by atoms with E-state index in [1.54, 1.807) is 12.1 Å². The Bertz CT molecular complexity index is 1960. The molecule has 4 aromatic carbocycles. The maximum Gasteiger partial charge on any atom is 0.494 e. The van der Waals surface area contributed by atoms with E-state index in [1.165, 1.54) is 12.1 Å². The van der Waals surface area contributed by atoms with Gasteiger partial charge in [-0.1, -0.05) is 92.7 Å². The summed E-state index contributed by atoms with van der Waals surface area (Å²) in [6, 6.07) is 35.5. The number of carbonyl (C=O) groups is 2. The van der Waals surface area contributed by atoms with Crippen molar-refractivity contribution in [3.05, 3.63) is 132 Å². The number of esters is 1. The van der Waals surface area contributed by atoms with Gasteiger partial charge in [0.15, 0.2) is 0 Å².